The minimum Gasteiger partial charge on any atom is -0.456 e. The molecule has 4 heteroatoms. The highest BCUT2D eigenvalue weighted by Gasteiger charge is 2.22. The lowest BCUT2D eigenvalue weighted by Crippen LogP contribution is -2.09. The summed E-state index contributed by atoms with van der Waals surface area (Å²) < 4.78 is 15.7. The normalized spacial score (nSPS) is 12.1. The van der Waals surface area contributed by atoms with Gasteiger partial charge in [-0.05, 0) is 59.3 Å². The summed E-state index contributed by atoms with van der Waals surface area (Å²) in [5, 5.41) is 9.65. The highest BCUT2D eigenvalue weighted by molar-refractivity contribution is 7.27. The summed E-state index contributed by atoms with van der Waals surface area (Å²) in [5.74, 6) is 0. The summed E-state index contributed by atoms with van der Waals surface area (Å²) in [7, 11) is 0. The van der Waals surface area contributed by atoms with Crippen LogP contribution in [0.25, 0.3) is 74.8 Å². The van der Waals surface area contributed by atoms with E-state index in [0.29, 0.717) is 0 Å². The van der Waals surface area contributed by atoms with E-state index >= 15 is 0 Å². The molecule has 0 aliphatic carbocycles. The van der Waals surface area contributed by atoms with Crippen molar-refractivity contribution in [3.05, 3.63) is 140 Å². The molecule has 0 radical (unpaired) electrons. The van der Waals surface area contributed by atoms with Crippen LogP contribution in [0.3, 0.4) is 0 Å². The Morgan fingerprint density at radius 1 is 0.432 bits per heavy atom. The average Bonchev–Trinajstić information content (AvgIpc) is 3.76. The Kier molecular flexibility index (Phi) is 4.87. The molecule has 3 nitrogen and oxygen atoms in total. The Hall–Kier alpha value is -5.58. The van der Waals surface area contributed by atoms with Crippen LogP contribution in [0.4, 0.5) is 17.1 Å². The molecule has 3 heterocycles. The third-order valence-corrected chi connectivity index (χ3v) is 10.1. The molecule has 206 valence electrons. The number of rotatable bonds is 3. The van der Waals surface area contributed by atoms with Crippen molar-refractivity contribution in [1.29, 1.82) is 0 Å². The molecule has 0 saturated carbocycles. The zero-order chi connectivity index (χ0) is 28.8. The predicted molar refractivity (Wildman–Crippen MR) is 186 cm³/mol. The largest absolute Gasteiger partial charge is 0.456 e. The predicted octanol–water partition coefficient (Wildman–Crippen LogP) is 12.5. The fourth-order valence-electron chi connectivity index (χ4n) is 6.86. The highest BCUT2D eigenvalue weighted by atomic mass is 32.1. The molecule has 3 aromatic heterocycles. The number of fused-ring (bicyclic) bond motifs is 12. The van der Waals surface area contributed by atoms with Gasteiger partial charge in [0.15, 0.2) is 5.58 Å². The first-order chi connectivity index (χ1) is 21.8. The Balaban J connectivity index is 1.25. The van der Waals surface area contributed by atoms with Gasteiger partial charge in [-0.3, -0.25) is 0 Å². The molecule has 10 rings (SSSR count). The lowest BCUT2D eigenvalue weighted by molar-refractivity contribution is 0.667. The summed E-state index contributed by atoms with van der Waals surface area (Å²) in [6, 6.07) is 49.1. The molecule has 0 aliphatic rings. The van der Waals surface area contributed by atoms with E-state index in [1.807, 2.05) is 29.5 Å². The van der Waals surface area contributed by atoms with Gasteiger partial charge >= 0.3 is 0 Å². The topological polar surface area (TPSA) is 29.5 Å². The van der Waals surface area contributed by atoms with Crippen LogP contribution < -0.4 is 4.90 Å². The minimum absolute atomic E-state index is 0.862. The third kappa shape index (κ3) is 3.31. The summed E-state index contributed by atoms with van der Waals surface area (Å²) in [5.41, 5.74) is 6.57. The number of hydrogen-bond donors (Lipinski definition) is 0. The van der Waals surface area contributed by atoms with Crippen molar-refractivity contribution in [2.75, 3.05) is 4.90 Å². The van der Waals surface area contributed by atoms with E-state index in [1.54, 1.807) is 0 Å². The maximum Gasteiger partial charge on any atom is 0.159 e. The lowest BCUT2D eigenvalue weighted by atomic mass is 10.0. The zero-order valence-corrected chi connectivity index (χ0v) is 24.3. The first-order valence-electron chi connectivity index (χ1n) is 14.8. The van der Waals surface area contributed by atoms with Crippen LogP contribution >= 0.6 is 11.3 Å². The molecule has 0 unspecified atom stereocenters. The maximum atomic E-state index is 6.78. The van der Waals surface area contributed by atoms with E-state index in [9.17, 15) is 0 Å². The average molecular weight is 582 g/mol. The molecule has 44 heavy (non-hydrogen) atoms. The van der Waals surface area contributed by atoms with Crippen LogP contribution in [-0.2, 0) is 0 Å². The SMILES string of the molecule is c1ccc(N(c2ccc3c(c2)oc2ccccc23)c2cccc3c2oc2ccc4c5ccc6ccccc6c5sc4c23)cc1. The molecule has 0 aliphatic heterocycles. The Labute approximate surface area is 255 Å². The third-order valence-electron chi connectivity index (χ3n) is 8.84. The second-order valence-electron chi connectivity index (χ2n) is 11.3. The molecule has 0 saturated heterocycles. The molecule has 0 bridgehead atoms. The Bertz CT molecular complexity index is 2730. The van der Waals surface area contributed by atoms with Gasteiger partial charge in [0.25, 0.3) is 0 Å². The van der Waals surface area contributed by atoms with E-state index < -0.39 is 0 Å². The summed E-state index contributed by atoms with van der Waals surface area (Å²) in [4.78, 5) is 2.27. The molecule has 10 aromatic rings. The van der Waals surface area contributed by atoms with Gasteiger partial charge in [-0.1, -0.05) is 84.9 Å². The fourth-order valence-corrected chi connectivity index (χ4v) is 8.25. The second-order valence-corrected chi connectivity index (χ2v) is 12.3. The van der Waals surface area contributed by atoms with Crippen molar-refractivity contribution in [2.24, 2.45) is 0 Å². The smallest absolute Gasteiger partial charge is 0.159 e. The molecule has 0 fully saturated rings. The van der Waals surface area contributed by atoms with Crippen molar-refractivity contribution in [3.8, 4) is 0 Å². The standard InChI is InChI=1S/C40H23NO2S/c1-2-10-25(11-3-1)41(26-18-20-29-28-13-6-7-16-34(28)42-36(29)23-26)33-15-8-14-32-37-35(43-38(32)33)22-21-31-30-19-17-24-9-4-5-12-27(24)39(30)44-40(31)37/h1-23H. The molecule has 0 amide bonds. The minimum atomic E-state index is 0.862. The van der Waals surface area contributed by atoms with Crippen molar-refractivity contribution in [2.45, 2.75) is 0 Å². The lowest BCUT2D eigenvalue weighted by Gasteiger charge is -2.25. The van der Waals surface area contributed by atoms with Gasteiger partial charge in [0.2, 0.25) is 0 Å². The number of furan rings is 2. The summed E-state index contributed by atoms with van der Waals surface area (Å²) >= 11 is 1.86. The molecule has 0 atom stereocenters. The van der Waals surface area contributed by atoms with Crippen LogP contribution in [0.5, 0.6) is 0 Å². The molecule has 7 aromatic carbocycles. The van der Waals surface area contributed by atoms with Gasteiger partial charge in [-0.25, -0.2) is 0 Å². The van der Waals surface area contributed by atoms with Crippen LogP contribution in [-0.4, -0.2) is 0 Å². The van der Waals surface area contributed by atoms with Gasteiger partial charge in [-0.2, -0.15) is 0 Å². The summed E-state index contributed by atoms with van der Waals surface area (Å²) in [6.45, 7) is 0. The Morgan fingerprint density at radius 2 is 1.16 bits per heavy atom. The monoisotopic (exact) mass is 581 g/mol. The number of nitrogens with zero attached hydrogens (tertiary/aromatic N) is 1. The van der Waals surface area contributed by atoms with E-state index in [1.165, 1.54) is 36.3 Å². The van der Waals surface area contributed by atoms with E-state index in [0.717, 1.165) is 55.6 Å². The second kappa shape index (κ2) is 8.96. The van der Waals surface area contributed by atoms with Gasteiger partial charge in [0.05, 0.1) is 11.4 Å². The highest BCUT2D eigenvalue weighted by Crippen LogP contribution is 2.48. The number of hydrogen-bond acceptors (Lipinski definition) is 4. The molecular formula is C40H23NO2S. The van der Waals surface area contributed by atoms with E-state index in [2.05, 4.69) is 126 Å². The van der Waals surface area contributed by atoms with Crippen LogP contribution in [0.1, 0.15) is 0 Å². The molecular weight excluding hydrogens is 559 g/mol. The van der Waals surface area contributed by atoms with Gasteiger partial charge in [-0.15, -0.1) is 11.3 Å². The quantitative estimate of drug-likeness (QED) is 0.208. The van der Waals surface area contributed by atoms with E-state index in [4.69, 9.17) is 8.83 Å². The fraction of sp³-hybridized carbons (Fsp3) is 0. The first-order valence-corrected chi connectivity index (χ1v) is 15.6. The first kappa shape index (κ1) is 23.9. The van der Waals surface area contributed by atoms with Crippen molar-refractivity contribution in [3.63, 3.8) is 0 Å². The maximum absolute atomic E-state index is 6.78. The van der Waals surface area contributed by atoms with Crippen molar-refractivity contribution >= 4 is 103 Å². The zero-order valence-electron chi connectivity index (χ0n) is 23.5. The van der Waals surface area contributed by atoms with Crippen LogP contribution in [0, 0.1) is 0 Å². The summed E-state index contributed by atoms with van der Waals surface area (Å²) in [6.07, 6.45) is 0. The molecule has 0 N–H and O–H groups in total. The van der Waals surface area contributed by atoms with Gasteiger partial charge in [0, 0.05) is 53.5 Å². The van der Waals surface area contributed by atoms with Crippen LogP contribution in [0.2, 0.25) is 0 Å². The number of benzene rings is 7. The number of thiophene rings is 1. The molecule has 0 spiro atoms. The van der Waals surface area contributed by atoms with Gasteiger partial charge < -0.3 is 13.7 Å². The van der Waals surface area contributed by atoms with Crippen molar-refractivity contribution < 1.29 is 8.83 Å². The van der Waals surface area contributed by atoms with E-state index in [-0.39, 0.29) is 0 Å². The van der Waals surface area contributed by atoms with Gasteiger partial charge in [0.1, 0.15) is 16.7 Å². The van der Waals surface area contributed by atoms with Crippen molar-refractivity contribution in [1.82, 2.24) is 0 Å². The number of anilines is 3. The van der Waals surface area contributed by atoms with Crippen LogP contribution in [0.15, 0.2) is 148 Å². The Morgan fingerprint density at radius 3 is 2.09 bits per heavy atom. The number of para-hydroxylation sites is 3.